The summed E-state index contributed by atoms with van der Waals surface area (Å²) in [6.07, 6.45) is 2.87. The van der Waals surface area contributed by atoms with Gasteiger partial charge in [0.2, 0.25) is 23.6 Å². The van der Waals surface area contributed by atoms with Crippen LogP contribution in [-0.4, -0.2) is 89.4 Å². The number of aliphatic carboxylic acids is 1. The second-order valence-electron chi connectivity index (χ2n) is 11.0. The fourth-order valence-electron chi connectivity index (χ4n) is 4.48. The van der Waals surface area contributed by atoms with Crippen LogP contribution in [0.5, 0.6) is 0 Å². The maximum Gasteiger partial charge on any atom is 0.326 e. The van der Waals surface area contributed by atoms with Crippen LogP contribution in [0.25, 0.3) is 0 Å². The zero-order valence-corrected chi connectivity index (χ0v) is 27.5. The number of thioether (sulfide) groups is 1. The highest BCUT2D eigenvalue weighted by molar-refractivity contribution is 7.98. The minimum atomic E-state index is -1.23. The zero-order chi connectivity index (χ0) is 34.8. The molecule has 0 heterocycles. The number of nitrogens with zero attached hydrogens (tertiary/aromatic N) is 1. The number of amides is 4. The summed E-state index contributed by atoms with van der Waals surface area (Å²) < 4.78 is 0. The van der Waals surface area contributed by atoms with Crippen molar-refractivity contribution < 1.29 is 29.1 Å². The number of aliphatic imine (C=N–C) groups is 1. The van der Waals surface area contributed by atoms with E-state index in [1.807, 2.05) is 24.5 Å². The van der Waals surface area contributed by atoms with Gasteiger partial charge in [-0.3, -0.25) is 24.2 Å². The smallest absolute Gasteiger partial charge is 0.326 e. The molecule has 4 amide bonds. The Morgan fingerprint density at radius 2 is 1.26 bits per heavy atom. The Morgan fingerprint density at radius 3 is 1.79 bits per heavy atom. The number of hydrogen-bond donors (Lipinski definition) is 8. The average molecular weight is 671 g/mol. The number of carbonyl (C=O) groups excluding carboxylic acids is 4. The maximum atomic E-state index is 13.6. The molecule has 0 unspecified atom stereocenters. The van der Waals surface area contributed by atoms with E-state index >= 15 is 0 Å². The summed E-state index contributed by atoms with van der Waals surface area (Å²) in [5, 5.41) is 20.1. The molecular formula is C32H46N8O6S. The summed E-state index contributed by atoms with van der Waals surface area (Å²) in [4.78, 5) is 68.7. The van der Waals surface area contributed by atoms with Gasteiger partial charge in [0, 0.05) is 19.4 Å². The van der Waals surface area contributed by atoms with E-state index < -0.39 is 59.8 Å². The number of carboxylic acid groups (broad SMARTS) is 1. The number of carbonyl (C=O) groups is 5. The van der Waals surface area contributed by atoms with E-state index in [0.29, 0.717) is 24.2 Å². The van der Waals surface area contributed by atoms with Gasteiger partial charge in [0.25, 0.3) is 0 Å². The van der Waals surface area contributed by atoms with E-state index in [0.717, 1.165) is 5.56 Å². The lowest BCUT2D eigenvalue weighted by Crippen LogP contribution is -2.58. The molecule has 15 heteroatoms. The lowest BCUT2D eigenvalue weighted by Gasteiger charge is -2.25. The first-order chi connectivity index (χ1) is 22.4. The van der Waals surface area contributed by atoms with Crippen LogP contribution in [0, 0.1) is 0 Å². The molecule has 2 rings (SSSR count). The van der Waals surface area contributed by atoms with Crippen molar-refractivity contribution in [2.75, 3.05) is 18.6 Å². The third kappa shape index (κ3) is 14.6. The number of nitrogens with two attached hydrogens (primary N) is 3. The third-order valence-corrected chi connectivity index (χ3v) is 7.76. The van der Waals surface area contributed by atoms with E-state index in [9.17, 15) is 29.1 Å². The molecule has 14 nitrogen and oxygen atoms in total. The normalized spacial score (nSPS) is 13.9. The molecule has 0 saturated heterocycles. The fraction of sp³-hybridized carbons (Fsp3) is 0.438. The van der Waals surface area contributed by atoms with Crippen LogP contribution in [0.1, 0.15) is 37.3 Å². The Labute approximate surface area is 279 Å². The molecule has 0 aromatic heterocycles. The Hall–Kier alpha value is -4.63. The highest BCUT2D eigenvalue weighted by Gasteiger charge is 2.30. The first-order valence-electron chi connectivity index (χ1n) is 15.2. The molecular weight excluding hydrogens is 624 g/mol. The van der Waals surface area contributed by atoms with E-state index in [1.54, 1.807) is 54.2 Å². The van der Waals surface area contributed by atoms with Gasteiger partial charge >= 0.3 is 5.97 Å². The van der Waals surface area contributed by atoms with Gasteiger partial charge in [0.15, 0.2) is 5.96 Å². The molecule has 0 radical (unpaired) electrons. The van der Waals surface area contributed by atoms with E-state index in [-0.39, 0.29) is 31.8 Å². The molecule has 0 bridgehead atoms. The molecule has 0 saturated carbocycles. The number of hydrogen-bond acceptors (Lipinski definition) is 8. The van der Waals surface area contributed by atoms with Crippen molar-refractivity contribution in [1.29, 1.82) is 0 Å². The number of nitrogens with one attached hydrogen (secondary N) is 4. The molecule has 0 spiro atoms. The van der Waals surface area contributed by atoms with E-state index in [2.05, 4.69) is 26.3 Å². The maximum absolute atomic E-state index is 13.6. The van der Waals surface area contributed by atoms with Gasteiger partial charge in [-0.05, 0) is 49.3 Å². The van der Waals surface area contributed by atoms with Crippen molar-refractivity contribution in [1.82, 2.24) is 21.3 Å². The second-order valence-corrected chi connectivity index (χ2v) is 12.0. The van der Waals surface area contributed by atoms with E-state index in [1.165, 1.54) is 6.92 Å². The van der Waals surface area contributed by atoms with Gasteiger partial charge in [-0.2, -0.15) is 11.8 Å². The average Bonchev–Trinajstić information content (AvgIpc) is 3.04. The van der Waals surface area contributed by atoms with Crippen molar-refractivity contribution in [2.24, 2.45) is 22.2 Å². The summed E-state index contributed by atoms with van der Waals surface area (Å²) in [6.45, 7) is 1.58. The van der Waals surface area contributed by atoms with Gasteiger partial charge < -0.3 is 43.6 Å². The second kappa shape index (κ2) is 20.5. The minimum absolute atomic E-state index is 0.0432. The topological polar surface area (TPSA) is 244 Å². The Morgan fingerprint density at radius 1 is 0.745 bits per heavy atom. The first-order valence-corrected chi connectivity index (χ1v) is 16.6. The summed E-state index contributed by atoms with van der Waals surface area (Å²) >= 11 is 1.54. The molecule has 0 aliphatic rings. The minimum Gasteiger partial charge on any atom is -0.480 e. The molecule has 47 heavy (non-hydrogen) atoms. The number of carboxylic acids is 1. The fourth-order valence-corrected chi connectivity index (χ4v) is 4.97. The van der Waals surface area contributed by atoms with Crippen molar-refractivity contribution in [3.8, 4) is 0 Å². The highest BCUT2D eigenvalue weighted by Crippen LogP contribution is 2.08. The predicted molar refractivity (Wildman–Crippen MR) is 182 cm³/mol. The van der Waals surface area contributed by atoms with Crippen LogP contribution >= 0.6 is 11.8 Å². The van der Waals surface area contributed by atoms with Crippen molar-refractivity contribution >= 4 is 47.3 Å². The van der Waals surface area contributed by atoms with Crippen molar-refractivity contribution in [3.63, 3.8) is 0 Å². The standard InChI is InChI=1S/C32H46N8O6S/c1-20(27(41)40-26(31(45)46)19-22-12-7-4-8-13-22)37-29(43)24(14-9-16-36-32(34)35)38-30(44)25(18-21-10-5-3-6-11-21)39-28(42)23(33)15-17-47-2/h3-8,10-13,20,23-26H,9,14-19,33H2,1-2H3,(H,37,43)(H,38,44)(H,39,42)(H,40,41)(H,45,46)(H4,34,35,36)/t20-,23-,24-,25-,26-/m0/s1. The number of rotatable bonds is 20. The molecule has 0 aliphatic heterocycles. The molecule has 0 fully saturated rings. The molecule has 11 N–H and O–H groups in total. The predicted octanol–water partition coefficient (Wildman–Crippen LogP) is -0.350. The lowest BCUT2D eigenvalue weighted by atomic mass is 10.0. The SMILES string of the molecule is CSCC[C@H](N)C(=O)N[C@@H](Cc1ccccc1)C(=O)N[C@@H](CCCN=C(N)N)C(=O)N[C@@H](C)C(=O)N[C@@H](Cc1ccccc1)C(=O)O. The highest BCUT2D eigenvalue weighted by atomic mass is 32.2. The summed E-state index contributed by atoms with van der Waals surface area (Å²) in [5.74, 6) is -3.25. The van der Waals surface area contributed by atoms with Gasteiger partial charge in [0.05, 0.1) is 6.04 Å². The van der Waals surface area contributed by atoms with Crippen LogP contribution in [0.15, 0.2) is 65.7 Å². The molecule has 2 aromatic carbocycles. The Kier molecular flexibility index (Phi) is 16.8. The van der Waals surface area contributed by atoms with Gasteiger partial charge in [0.1, 0.15) is 24.2 Å². The molecule has 2 aromatic rings. The zero-order valence-electron chi connectivity index (χ0n) is 26.7. The quantitative estimate of drug-likeness (QED) is 0.0517. The Balaban J connectivity index is 2.19. The summed E-state index contributed by atoms with van der Waals surface area (Å²) in [7, 11) is 0. The molecule has 0 aliphatic carbocycles. The van der Waals surface area contributed by atoms with Crippen LogP contribution in [0.3, 0.4) is 0 Å². The lowest BCUT2D eigenvalue weighted by molar-refractivity contribution is -0.142. The number of benzene rings is 2. The Bertz CT molecular complexity index is 1340. The van der Waals surface area contributed by atoms with Crippen LogP contribution < -0.4 is 38.5 Å². The van der Waals surface area contributed by atoms with Crippen LogP contribution in [-0.2, 0) is 36.8 Å². The van der Waals surface area contributed by atoms with Gasteiger partial charge in [-0.15, -0.1) is 0 Å². The van der Waals surface area contributed by atoms with Crippen molar-refractivity contribution in [2.45, 2.75) is 69.2 Å². The van der Waals surface area contributed by atoms with Gasteiger partial charge in [-0.25, -0.2) is 4.79 Å². The molecule has 256 valence electrons. The monoisotopic (exact) mass is 670 g/mol. The van der Waals surface area contributed by atoms with Crippen LogP contribution in [0.2, 0.25) is 0 Å². The van der Waals surface area contributed by atoms with Crippen molar-refractivity contribution in [3.05, 3.63) is 71.8 Å². The largest absolute Gasteiger partial charge is 0.480 e. The molecule has 5 atom stereocenters. The third-order valence-electron chi connectivity index (χ3n) is 7.11. The van der Waals surface area contributed by atoms with Gasteiger partial charge in [-0.1, -0.05) is 60.7 Å². The first kappa shape index (κ1) is 38.6. The van der Waals surface area contributed by atoms with E-state index in [4.69, 9.17) is 17.2 Å². The summed E-state index contributed by atoms with van der Waals surface area (Å²) in [5.41, 5.74) is 18.4. The summed E-state index contributed by atoms with van der Waals surface area (Å²) in [6, 6.07) is 12.4. The van der Waals surface area contributed by atoms with Crippen LogP contribution in [0.4, 0.5) is 0 Å². The number of guanidine groups is 1.